The molecule has 0 saturated carbocycles. The van der Waals surface area contributed by atoms with Crippen molar-refractivity contribution in [2.75, 3.05) is 5.32 Å². The monoisotopic (exact) mass is 278 g/mol. The van der Waals surface area contributed by atoms with Crippen LogP contribution >= 0.6 is 11.6 Å². The van der Waals surface area contributed by atoms with E-state index in [1.165, 1.54) is 0 Å². The molecule has 100 valence electrons. The van der Waals surface area contributed by atoms with Gasteiger partial charge in [0.05, 0.1) is 22.3 Å². The molecule has 1 atom stereocenters. The van der Waals surface area contributed by atoms with Gasteiger partial charge in [0.15, 0.2) is 0 Å². The highest BCUT2D eigenvalue weighted by molar-refractivity contribution is 6.35. The molecule has 19 heavy (non-hydrogen) atoms. The predicted octanol–water partition coefficient (Wildman–Crippen LogP) is 2.99. The van der Waals surface area contributed by atoms with Crippen LogP contribution < -0.4 is 5.32 Å². The van der Waals surface area contributed by atoms with Gasteiger partial charge in [0, 0.05) is 18.0 Å². The Morgan fingerprint density at radius 3 is 3.00 bits per heavy atom. The molecule has 1 amide bonds. The van der Waals surface area contributed by atoms with Crippen molar-refractivity contribution in [2.24, 2.45) is 0 Å². The summed E-state index contributed by atoms with van der Waals surface area (Å²) in [6.07, 6.45) is 1.90. The zero-order chi connectivity index (χ0) is 13.8. The molecule has 0 aliphatic heterocycles. The summed E-state index contributed by atoms with van der Waals surface area (Å²) in [5.74, 6) is -0.131. The highest BCUT2D eigenvalue weighted by atomic mass is 35.5. The number of halogens is 1. The zero-order valence-corrected chi connectivity index (χ0v) is 11.3. The summed E-state index contributed by atoms with van der Waals surface area (Å²) >= 11 is 6.06. The van der Waals surface area contributed by atoms with Crippen LogP contribution in [0.2, 0.25) is 5.02 Å². The Kier molecular flexibility index (Phi) is 4.35. The number of aliphatic hydroxyl groups excluding tert-OH is 1. The van der Waals surface area contributed by atoms with E-state index in [1.807, 2.05) is 6.07 Å². The number of anilines is 1. The summed E-state index contributed by atoms with van der Waals surface area (Å²) in [5, 5.41) is 13.3. The molecule has 2 rings (SSSR count). The highest BCUT2D eigenvalue weighted by Crippen LogP contribution is 2.28. The van der Waals surface area contributed by atoms with Gasteiger partial charge in [0.2, 0.25) is 5.91 Å². The number of rotatable bonds is 4. The second-order valence-corrected chi connectivity index (χ2v) is 4.84. The summed E-state index contributed by atoms with van der Waals surface area (Å²) in [7, 11) is 0. The van der Waals surface area contributed by atoms with Gasteiger partial charge < -0.3 is 10.4 Å². The van der Waals surface area contributed by atoms with Crippen LogP contribution in [0.5, 0.6) is 0 Å². The number of aromatic nitrogens is 1. The molecule has 0 radical (unpaired) electrons. The first-order valence-electron chi connectivity index (χ1n) is 6.09. The van der Waals surface area contributed by atoms with Crippen molar-refractivity contribution < 1.29 is 9.90 Å². The van der Waals surface area contributed by atoms with Crippen LogP contribution in [0, 0.1) is 0 Å². The van der Waals surface area contributed by atoms with E-state index in [4.69, 9.17) is 16.7 Å². The van der Waals surface area contributed by atoms with E-state index in [0.29, 0.717) is 22.6 Å². The molecule has 1 heterocycles. The van der Waals surface area contributed by atoms with Crippen molar-refractivity contribution in [1.82, 2.24) is 4.98 Å². The first kappa shape index (κ1) is 13.8. The third kappa shape index (κ3) is 3.43. The third-order valence-electron chi connectivity index (χ3n) is 2.78. The number of nitrogens with one attached hydrogen (secondary N) is 1. The van der Waals surface area contributed by atoms with Gasteiger partial charge >= 0.3 is 0 Å². The fraction of sp³-hybridized carbons (Fsp3) is 0.286. The van der Waals surface area contributed by atoms with E-state index < -0.39 is 6.10 Å². The second kappa shape index (κ2) is 5.99. The van der Waals surface area contributed by atoms with Gasteiger partial charge in [-0.05, 0) is 37.6 Å². The smallest absolute Gasteiger partial charge is 0.224 e. The lowest BCUT2D eigenvalue weighted by Crippen LogP contribution is -2.14. The summed E-state index contributed by atoms with van der Waals surface area (Å²) in [6, 6.07) is 7.12. The maximum Gasteiger partial charge on any atom is 0.224 e. The normalized spacial score (nSPS) is 12.4. The van der Waals surface area contributed by atoms with Gasteiger partial charge in [-0.3, -0.25) is 9.78 Å². The fourth-order valence-electron chi connectivity index (χ4n) is 1.80. The number of nitrogens with zero attached hydrogens (tertiary/aromatic N) is 1. The molecule has 0 spiro atoms. The topological polar surface area (TPSA) is 62.2 Å². The second-order valence-electron chi connectivity index (χ2n) is 4.43. The number of amides is 1. The molecule has 2 aromatic rings. The van der Waals surface area contributed by atoms with Gasteiger partial charge in [0.25, 0.3) is 0 Å². The van der Waals surface area contributed by atoms with Crippen molar-refractivity contribution >= 4 is 34.1 Å². The Labute approximate surface area is 116 Å². The molecule has 1 aromatic heterocycles. The van der Waals surface area contributed by atoms with E-state index in [-0.39, 0.29) is 12.3 Å². The van der Waals surface area contributed by atoms with Gasteiger partial charge in [-0.1, -0.05) is 11.6 Å². The Morgan fingerprint density at radius 2 is 2.26 bits per heavy atom. The number of benzene rings is 1. The average Bonchev–Trinajstić information content (AvgIpc) is 2.40. The minimum atomic E-state index is -0.477. The van der Waals surface area contributed by atoms with Crippen molar-refractivity contribution in [3.8, 4) is 0 Å². The van der Waals surface area contributed by atoms with Crippen LogP contribution in [0.3, 0.4) is 0 Å². The quantitative estimate of drug-likeness (QED) is 0.904. The Morgan fingerprint density at radius 1 is 1.47 bits per heavy atom. The maximum absolute atomic E-state index is 11.8. The first-order chi connectivity index (χ1) is 9.08. The lowest BCUT2D eigenvalue weighted by molar-refractivity contribution is -0.116. The van der Waals surface area contributed by atoms with Crippen molar-refractivity contribution in [3.63, 3.8) is 0 Å². The standard InChI is InChI=1S/C14H15ClN2O2/c1-9(18)4-7-13(19)17-12-6-5-11(15)14-10(12)3-2-8-16-14/h2-3,5-6,8-9,18H,4,7H2,1H3,(H,17,19). The predicted molar refractivity (Wildman–Crippen MR) is 76.3 cm³/mol. The number of hydrogen-bond acceptors (Lipinski definition) is 3. The minimum absolute atomic E-state index is 0.131. The molecular formula is C14H15ClN2O2. The van der Waals surface area contributed by atoms with Crippen LogP contribution in [0.15, 0.2) is 30.5 Å². The molecule has 5 heteroatoms. The molecule has 0 fully saturated rings. The Balaban J connectivity index is 2.21. The summed E-state index contributed by atoms with van der Waals surface area (Å²) in [4.78, 5) is 16.0. The highest BCUT2D eigenvalue weighted by Gasteiger charge is 2.09. The summed E-state index contributed by atoms with van der Waals surface area (Å²) in [6.45, 7) is 1.66. The SMILES string of the molecule is CC(O)CCC(=O)Nc1ccc(Cl)c2ncccc12. The number of hydrogen-bond donors (Lipinski definition) is 2. The number of carbonyl (C=O) groups is 1. The maximum atomic E-state index is 11.8. The number of carbonyl (C=O) groups excluding carboxylic acids is 1. The van der Waals surface area contributed by atoms with Crippen molar-refractivity contribution in [2.45, 2.75) is 25.9 Å². The fourth-order valence-corrected chi connectivity index (χ4v) is 2.01. The van der Waals surface area contributed by atoms with Gasteiger partial charge in [0.1, 0.15) is 0 Å². The van der Waals surface area contributed by atoms with Crippen LogP contribution in [0.4, 0.5) is 5.69 Å². The summed E-state index contributed by atoms with van der Waals surface area (Å²) in [5.41, 5.74) is 1.35. The molecule has 2 N–H and O–H groups in total. The summed E-state index contributed by atoms with van der Waals surface area (Å²) < 4.78 is 0. The molecule has 0 aliphatic rings. The first-order valence-corrected chi connectivity index (χ1v) is 6.47. The van der Waals surface area contributed by atoms with Crippen molar-refractivity contribution in [3.05, 3.63) is 35.5 Å². The zero-order valence-electron chi connectivity index (χ0n) is 10.6. The van der Waals surface area contributed by atoms with E-state index in [9.17, 15) is 4.79 Å². The van der Waals surface area contributed by atoms with E-state index in [2.05, 4.69) is 10.3 Å². The average molecular weight is 279 g/mol. The number of aliphatic hydroxyl groups is 1. The molecule has 4 nitrogen and oxygen atoms in total. The van der Waals surface area contributed by atoms with Gasteiger partial charge in [-0.25, -0.2) is 0 Å². The van der Waals surface area contributed by atoms with E-state index in [0.717, 1.165) is 5.39 Å². The Bertz CT molecular complexity index is 599. The molecular weight excluding hydrogens is 264 g/mol. The van der Waals surface area contributed by atoms with Crippen LogP contribution in [0.25, 0.3) is 10.9 Å². The molecule has 0 bridgehead atoms. The third-order valence-corrected chi connectivity index (χ3v) is 3.09. The van der Waals surface area contributed by atoms with Crippen LogP contribution in [-0.4, -0.2) is 22.1 Å². The largest absolute Gasteiger partial charge is 0.393 e. The number of pyridine rings is 1. The van der Waals surface area contributed by atoms with Crippen molar-refractivity contribution in [1.29, 1.82) is 0 Å². The van der Waals surface area contributed by atoms with E-state index in [1.54, 1.807) is 31.3 Å². The molecule has 1 aromatic carbocycles. The van der Waals surface area contributed by atoms with Crippen LogP contribution in [0.1, 0.15) is 19.8 Å². The number of fused-ring (bicyclic) bond motifs is 1. The minimum Gasteiger partial charge on any atom is -0.393 e. The molecule has 0 saturated heterocycles. The Hall–Kier alpha value is -1.65. The lowest BCUT2D eigenvalue weighted by atomic mass is 10.1. The molecule has 0 aliphatic carbocycles. The van der Waals surface area contributed by atoms with Gasteiger partial charge in [-0.15, -0.1) is 0 Å². The van der Waals surface area contributed by atoms with Gasteiger partial charge in [-0.2, -0.15) is 0 Å². The van der Waals surface area contributed by atoms with E-state index >= 15 is 0 Å². The van der Waals surface area contributed by atoms with Crippen LogP contribution in [-0.2, 0) is 4.79 Å². The lowest BCUT2D eigenvalue weighted by Gasteiger charge is -2.10. The molecule has 1 unspecified atom stereocenters.